The molecule has 2 rings (SSSR count). The van der Waals surface area contributed by atoms with Crippen molar-refractivity contribution in [1.82, 2.24) is 5.32 Å². The van der Waals surface area contributed by atoms with Gasteiger partial charge in [-0.15, -0.1) is 0 Å². The van der Waals surface area contributed by atoms with Crippen molar-refractivity contribution < 1.29 is 4.79 Å². The smallest absolute Gasteiger partial charge is 0.222 e. The number of carbonyl (C=O) groups is 1. The van der Waals surface area contributed by atoms with E-state index < -0.39 is 0 Å². The largest absolute Gasteiger partial charge is 0.356 e. The third-order valence-corrected chi connectivity index (χ3v) is 5.58. The van der Waals surface area contributed by atoms with E-state index in [4.69, 9.17) is 0 Å². The first-order valence-corrected chi connectivity index (χ1v) is 8.26. The molecule has 1 heterocycles. The highest BCUT2D eigenvalue weighted by Gasteiger charge is 2.22. The molecule has 1 atom stereocenters. The molecule has 0 aromatic heterocycles. The minimum Gasteiger partial charge on any atom is -0.356 e. The van der Waals surface area contributed by atoms with Gasteiger partial charge in [0.2, 0.25) is 5.91 Å². The number of amides is 1. The summed E-state index contributed by atoms with van der Waals surface area (Å²) in [4.78, 5) is 11.9. The molecule has 0 unspecified atom stereocenters. The van der Waals surface area contributed by atoms with Gasteiger partial charge >= 0.3 is 0 Å². The van der Waals surface area contributed by atoms with Gasteiger partial charge in [-0.05, 0) is 36.2 Å². The Morgan fingerprint density at radius 2 is 2.00 bits per heavy atom. The van der Waals surface area contributed by atoms with Crippen LogP contribution < -0.4 is 5.32 Å². The molecule has 0 spiro atoms. The van der Waals surface area contributed by atoms with Crippen molar-refractivity contribution in [3.8, 4) is 0 Å². The fraction of sp³-hybridized carbons (Fsp3) is 0.929. The summed E-state index contributed by atoms with van der Waals surface area (Å²) < 4.78 is 0. The van der Waals surface area contributed by atoms with Gasteiger partial charge in [0, 0.05) is 12.5 Å². The van der Waals surface area contributed by atoms with Crippen LogP contribution in [0.1, 0.15) is 45.4 Å². The minimum absolute atomic E-state index is 0.217. The lowest BCUT2D eigenvalue weighted by molar-refractivity contribution is -0.125. The number of thioether (sulfide) groups is 1. The molecule has 17 heavy (non-hydrogen) atoms. The third-order valence-electron chi connectivity index (χ3n) is 4.17. The van der Waals surface area contributed by atoms with Crippen LogP contribution >= 0.6 is 11.8 Å². The molecule has 1 aliphatic carbocycles. The second-order valence-corrected chi connectivity index (χ2v) is 6.85. The number of carbonyl (C=O) groups excluding carboxylic acids is 1. The predicted molar refractivity (Wildman–Crippen MR) is 74.2 cm³/mol. The van der Waals surface area contributed by atoms with Gasteiger partial charge in [0.1, 0.15) is 0 Å². The maximum Gasteiger partial charge on any atom is 0.222 e. The van der Waals surface area contributed by atoms with Crippen LogP contribution in [0.25, 0.3) is 0 Å². The highest BCUT2D eigenvalue weighted by Crippen LogP contribution is 2.30. The van der Waals surface area contributed by atoms with Crippen molar-refractivity contribution in [2.75, 3.05) is 18.1 Å². The Kier molecular flexibility index (Phi) is 5.20. The highest BCUT2D eigenvalue weighted by molar-refractivity contribution is 8.00. The third kappa shape index (κ3) is 4.20. The van der Waals surface area contributed by atoms with E-state index in [1.54, 1.807) is 0 Å². The van der Waals surface area contributed by atoms with Crippen molar-refractivity contribution in [1.29, 1.82) is 0 Å². The monoisotopic (exact) mass is 255 g/mol. The van der Waals surface area contributed by atoms with E-state index in [-0.39, 0.29) is 11.8 Å². The number of hydrogen-bond acceptors (Lipinski definition) is 2. The van der Waals surface area contributed by atoms with Gasteiger partial charge in [-0.1, -0.05) is 32.6 Å². The van der Waals surface area contributed by atoms with Crippen LogP contribution in [0.2, 0.25) is 0 Å². The molecule has 0 aromatic rings. The van der Waals surface area contributed by atoms with E-state index in [1.165, 1.54) is 43.6 Å². The quantitative estimate of drug-likeness (QED) is 0.790. The molecule has 2 nitrogen and oxygen atoms in total. The second kappa shape index (κ2) is 6.67. The lowest BCUT2D eigenvalue weighted by atomic mass is 9.94. The predicted octanol–water partition coefficient (Wildman–Crippen LogP) is 3.07. The van der Waals surface area contributed by atoms with Crippen molar-refractivity contribution in [3.63, 3.8) is 0 Å². The van der Waals surface area contributed by atoms with Gasteiger partial charge in [0.15, 0.2) is 0 Å². The van der Waals surface area contributed by atoms with E-state index in [9.17, 15) is 4.79 Å². The Labute approximate surface area is 109 Å². The van der Waals surface area contributed by atoms with E-state index in [0.29, 0.717) is 0 Å². The normalized spacial score (nSPS) is 23.4. The van der Waals surface area contributed by atoms with E-state index in [1.807, 2.05) is 11.8 Å². The van der Waals surface area contributed by atoms with Gasteiger partial charge < -0.3 is 5.32 Å². The molecule has 0 bridgehead atoms. The van der Waals surface area contributed by atoms with Crippen molar-refractivity contribution in [3.05, 3.63) is 0 Å². The maximum absolute atomic E-state index is 11.9. The summed E-state index contributed by atoms with van der Waals surface area (Å²) in [5, 5.41) is 3.11. The van der Waals surface area contributed by atoms with E-state index in [2.05, 4.69) is 12.2 Å². The zero-order valence-electron chi connectivity index (χ0n) is 10.9. The molecule has 1 N–H and O–H groups in total. The summed E-state index contributed by atoms with van der Waals surface area (Å²) in [6.45, 7) is 2.98. The first-order valence-electron chi connectivity index (χ1n) is 7.11. The average Bonchev–Trinajstić information content (AvgIpc) is 2.74. The zero-order valence-corrected chi connectivity index (χ0v) is 11.7. The Hall–Kier alpha value is -0.180. The summed E-state index contributed by atoms with van der Waals surface area (Å²) in [5.41, 5.74) is 0. The molecular formula is C14H25NOS. The molecule has 1 saturated carbocycles. The topological polar surface area (TPSA) is 29.1 Å². The van der Waals surface area contributed by atoms with Crippen molar-refractivity contribution in [2.45, 2.75) is 45.4 Å². The summed E-state index contributed by atoms with van der Waals surface area (Å²) in [6, 6.07) is 0. The number of hydrogen-bond donors (Lipinski definition) is 1. The maximum atomic E-state index is 11.9. The number of rotatable bonds is 6. The van der Waals surface area contributed by atoms with Crippen LogP contribution in [0.5, 0.6) is 0 Å². The van der Waals surface area contributed by atoms with Crippen LogP contribution in [0.3, 0.4) is 0 Å². The molecule has 2 fully saturated rings. The van der Waals surface area contributed by atoms with Crippen LogP contribution in [0.4, 0.5) is 0 Å². The van der Waals surface area contributed by atoms with Gasteiger partial charge in [0.25, 0.3) is 0 Å². The van der Waals surface area contributed by atoms with Crippen LogP contribution in [-0.2, 0) is 4.79 Å². The van der Waals surface area contributed by atoms with E-state index >= 15 is 0 Å². The van der Waals surface area contributed by atoms with Gasteiger partial charge in [-0.25, -0.2) is 0 Å². The molecule has 1 aliphatic heterocycles. The molecular weight excluding hydrogens is 230 g/mol. The van der Waals surface area contributed by atoms with Crippen LogP contribution in [0.15, 0.2) is 0 Å². The number of nitrogens with one attached hydrogen (secondary N) is 1. The Morgan fingerprint density at radius 1 is 1.29 bits per heavy atom. The molecule has 1 amide bonds. The van der Waals surface area contributed by atoms with Gasteiger partial charge in [0.05, 0.1) is 0 Å². The lowest BCUT2D eigenvalue weighted by Crippen LogP contribution is -2.33. The highest BCUT2D eigenvalue weighted by atomic mass is 32.2. The first-order chi connectivity index (χ1) is 8.25. The summed E-state index contributed by atoms with van der Waals surface area (Å²) in [7, 11) is 0. The molecule has 1 saturated heterocycles. The lowest BCUT2D eigenvalue weighted by Gasteiger charge is -2.25. The summed E-state index contributed by atoms with van der Waals surface area (Å²) in [5.74, 6) is 4.78. The SMILES string of the molecule is C[C@H](CC1CCCC1)C(=O)NCCC1CSC1. The molecule has 98 valence electrons. The summed E-state index contributed by atoms with van der Waals surface area (Å²) >= 11 is 2.02. The molecule has 0 aromatic carbocycles. The Balaban J connectivity index is 1.57. The Morgan fingerprint density at radius 3 is 2.59 bits per heavy atom. The zero-order chi connectivity index (χ0) is 12.1. The average molecular weight is 255 g/mol. The fourth-order valence-corrected chi connectivity index (χ4v) is 3.78. The van der Waals surface area contributed by atoms with Crippen molar-refractivity contribution >= 4 is 17.7 Å². The van der Waals surface area contributed by atoms with E-state index in [0.717, 1.165) is 24.8 Å². The first kappa shape index (κ1) is 13.3. The summed E-state index contributed by atoms with van der Waals surface area (Å²) in [6.07, 6.45) is 7.71. The Bertz CT molecular complexity index is 247. The second-order valence-electron chi connectivity index (χ2n) is 5.77. The fourth-order valence-electron chi connectivity index (χ4n) is 2.88. The molecule has 0 radical (unpaired) electrons. The standard InChI is InChI=1S/C14H25NOS/c1-11(8-12-4-2-3-5-12)14(16)15-7-6-13-9-17-10-13/h11-13H,2-10H2,1H3,(H,15,16)/t11-/m1/s1. The molecule has 3 heteroatoms. The van der Waals surface area contributed by atoms with Gasteiger partial charge in [-0.2, -0.15) is 11.8 Å². The minimum atomic E-state index is 0.217. The van der Waals surface area contributed by atoms with Crippen LogP contribution in [-0.4, -0.2) is 24.0 Å². The van der Waals surface area contributed by atoms with Crippen LogP contribution in [0, 0.1) is 17.8 Å². The van der Waals surface area contributed by atoms with Gasteiger partial charge in [-0.3, -0.25) is 4.79 Å². The molecule has 2 aliphatic rings. The van der Waals surface area contributed by atoms with Crippen molar-refractivity contribution in [2.24, 2.45) is 17.8 Å².